The molecule has 2 aromatic rings. The van der Waals surface area contributed by atoms with Crippen LogP contribution in [0.15, 0.2) is 46.4 Å². The summed E-state index contributed by atoms with van der Waals surface area (Å²) in [5, 5.41) is 0. The van der Waals surface area contributed by atoms with Gasteiger partial charge in [0.05, 0.1) is 36.1 Å². The van der Waals surface area contributed by atoms with E-state index in [9.17, 15) is 45.5 Å². The van der Waals surface area contributed by atoms with E-state index in [0.29, 0.717) is 30.5 Å². The third-order valence-electron chi connectivity index (χ3n) is 8.76. The molecule has 50 heavy (non-hydrogen) atoms. The van der Waals surface area contributed by atoms with E-state index in [1.807, 2.05) is 0 Å². The molecule has 4 amide bonds. The zero-order valence-electron chi connectivity index (χ0n) is 26.4. The average molecular weight is 709 g/mol. The highest BCUT2D eigenvalue weighted by Crippen LogP contribution is 2.44. The Labute approximate surface area is 281 Å². The SMILES string of the molecule is NC(N)=NC(=O)CC1c2cc(C(F)(F)F)ccc2C(=O)N1CC1CC1.NC(N)=NC(=O)CC1c2ccc(C(F)(F)F)cc2C(=O)N1CC1CC1. The van der Waals surface area contributed by atoms with E-state index in [0.717, 1.165) is 49.9 Å². The lowest BCUT2D eigenvalue weighted by atomic mass is 9.99. The second-order valence-corrected chi connectivity index (χ2v) is 12.7. The van der Waals surface area contributed by atoms with Gasteiger partial charge in [-0.25, -0.2) is 0 Å². The minimum absolute atomic E-state index is 0.0158. The second-order valence-electron chi connectivity index (χ2n) is 12.7. The fraction of sp³-hybridized carbons (Fsp3) is 0.438. The molecule has 0 bridgehead atoms. The number of fused-ring (bicyclic) bond motifs is 2. The number of carbonyl (C=O) groups excluding carboxylic acids is 4. The predicted molar refractivity (Wildman–Crippen MR) is 167 cm³/mol. The normalized spacial score (nSPS) is 19.7. The molecule has 2 saturated carbocycles. The largest absolute Gasteiger partial charge is 0.416 e. The van der Waals surface area contributed by atoms with Gasteiger partial charge in [0.25, 0.3) is 23.6 Å². The zero-order chi connectivity index (χ0) is 36.7. The lowest BCUT2D eigenvalue weighted by Crippen LogP contribution is -2.32. The summed E-state index contributed by atoms with van der Waals surface area (Å²) in [5.74, 6) is -2.33. The maximum absolute atomic E-state index is 13.0. The first-order valence-corrected chi connectivity index (χ1v) is 15.6. The van der Waals surface area contributed by atoms with Crippen LogP contribution in [-0.4, -0.2) is 58.4 Å². The monoisotopic (exact) mass is 708 g/mol. The van der Waals surface area contributed by atoms with Gasteiger partial charge >= 0.3 is 12.4 Å². The van der Waals surface area contributed by atoms with E-state index >= 15 is 0 Å². The second kappa shape index (κ2) is 13.6. The first-order chi connectivity index (χ1) is 23.3. The van der Waals surface area contributed by atoms with Crippen molar-refractivity contribution in [1.82, 2.24) is 9.80 Å². The number of halogens is 6. The molecule has 2 atom stereocenters. The van der Waals surface area contributed by atoms with E-state index in [1.54, 1.807) is 0 Å². The molecular weight excluding hydrogens is 674 g/mol. The van der Waals surface area contributed by atoms with Crippen molar-refractivity contribution < 1.29 is 45.5 Å². The Balaban J connectivity index is 0.000000194. The van der Waals surface area contributed by atoms with Gasteiger partial charge in [-0.1, -0.05) is 6.07 Å². The van der Waals surface area contributed by atoms with Crippen molar-refractivity contribution in [3.63, 3.8) is 0 Å². The molecule has 0 aromatic heterocycles. The van der Waals surface area contributed by atoms with Crippen LogP contribution >= 0.6 is 0 Å². The van der Waals surface area contributed by atoms with E-state index in [2.05, 4.69) is 9.98 Å². The lowest BCUT2D eigenvalue weighted by molar-refractivity contribution is -0.138. The van der Waals surface area contributed by atoms with Gasteiger partial charge < -0.3 is 32.7 Å². The van der Waals surface area contributed by atoms with Gasteiger partial charge in [-0.05, 0) is 79.0 Å². The molecule has 2 heterocycles. The molecule has 6 rings (SSSR count). The molecule has 2 unspecified atom stereocenters. The van der Waals surface area contributed by atoms with Crippen molar-refractivity contribution in [2.75, 3.05) is 13.1 Å². The van der Waals surface area contributed by atoms with Crippen LogP contribution in [0.2, 0.25) is 0 Å². The number of aliphatic imine (C=N–C) groups is 2. The van der Waals surface area contributed by atoms with E-state index in [-0.39, 0.29) is 35.4 Å². The van der Waals surface area contributed by atoms with Gasteiger partial charge in [0.1, 0.15) is 0 Å². The summed E-state index contributed by atoms with van der Waals surface area (Å²) in [6, 6.07) is 4.58. The molecule has 8 N–H and O–H groups in total. The first kappa shape index (κ1) is 36.1. The zero-order valence-corrected chi connectivity index (χ0v) is 26.4. The number of rotatable bonds is 8. The lowest BCUT2D eigenvalue weighted by Gasteiger charge is -2.24. The molecular formula is C32H34F6N8O4. The van der Waals surface area contributed by atoms with Gasteiger partial charge in [-0.2, -0.15) is 36.3 Å². The summed E-state index contributed by atoms with van der Waals surface area (Å²) in [5.41, 5.74) is 19.7. The average Bonchev–Trinajstić information content (AvgIpc) is 3.94. The van der Waals surface area contributed by atoms with Crippen LogP contribution in [0, 0.1) is 11.8 Å². The fourth-order valence-corrected chi connectivity index (χ4v) is 6.07. The van der Waals surface area contributed by atoms with Crippen LogP contribution in [0.1, 0.15) is 93.6 Å². The Morgan fingerprint density at radius 2 is 1.06 bits per heavy atom. The number of hydrogen-bond donors (Lipinski definition) is 4. The first-order valence-electron chi connectivity index (χ1n) is 15.6. The minimum Gasteiger partial charge on any atom is -0.370 e. The molecule has 0 spiro atoms. The maximum Gasteiger partial charge on any atom is 0.416 e. The summed E-state index contributed by atoms with van der Waals surface area (Å²) in [7, 11) is 0. The van der Waals surface area contributed by atoms with Gasteiger partial charge in [0, 0.05) is 24.2 Å². The Bertz CT molecular complexity index is 1750. The predicted octanol–water partition coefficient (Wildman–Crippen LogP) is 3.60. The van der Waals surface area contributed by atoms with Crippen LogP contribution in [0.3, 0.4) is 0 Å². The van der Waals surface area contributed by atoms with Crippen LogP contribution < -0.4 is 22.9 Å². The van der Waals surface area contributed by atoms with Gasteiger partial charge in [-0.15, -0.1) is 0 Å². The molecule has 18 heteroatoms. The third-order valence-corrected chi connectivity index (χ3v) is 8.76. The summed E-state index contributed by atoms with van der Waals surface area (Å²) in [6.45, 7) is 0.823. The van der Waals surface area contributed by atoms with Crippen molar-refractivity contribution in [2.24, 2.45) is 44.8 Å². The van der Waals surface area contributed by atoms with Crippen molar-refractivity contribution in [3.05, 3.63) is 69.8 Å². The number of hydrogen-bond acceptors (Lipinski definition) is 4. The Morgan fingerprint density at radius 1 is 0.640 bits per heavy atom. The number of guanidine groups is 2. The Kier molecular flexibility index (Phi) is 9.85. The van der Waals surface area contributed by atoms with E-state index in [1.165, 1.54) is 21.9 Å². The van der Waals surface area contributed by atoms with Crippen molar-refractivity contribution in [3.8, 4) is 0 Å². The highest BCUT2D eigenvalue weighted by Gasteiger charge is 2.44. The highest BCUT2D eigenvalue weighted by atomic mass is 19.4. The molecule has 4 aliphatic rings. The van der Waals surface area contributed by atoms with E-state index in [4.69, 9.17) is 22.9 Å². The molecule has 12 nitrogen and oxygen atoms in total. The molecule has 268 valence electrons. The number of nitrogens with two attached hydrogens (primary N) is 4. The topological polar surface area (TPSA) is 204 Å². The van der Waals surface area contributed by atoms with Gasteiger partial charge in [0.15, 0.2) is 11.9 Å². The number of benzene rings is 2. The minimum atomic E-state index is -4.54. The number of nitrogens with zero attached hydrogens (tertiary/aromatic N) is 4. The number of alkyl halides is 6. The quantitative estimate of drug-likeness (QED) is 0.181. The molecule has 2 aliphatic heterocycles. The fourth-order valence-electron chi connectivity index (χ4n) is 6.07. The molecule has 2 aromatic carbocycles. The van der Waals surface area contributed by atoms with Crippen molar-refractivity contribution >= 4 is 35.5 Å². The Morgan fingerprint density at radius 3 is 1.50 bits per heavy atom. The van der Waals surface area contributed by atoms with Crippen LogP contribution in [0.5, 0.6) is 0 Å². The van der Waals surface area contributed by atoms with Crippen molar-refractivity contribution in [2.45, 2.75) is 63.0 Å². The molecule has 0 radical (unpaired) electrons. The summed E-state index contributed by atoms with van der Waals surface area (Å²) >= 11 is 0. The van der Waals surface area contributed by atoms with Crippen LogP contribution in [0.25, 0.3) is 0 Å². The highest BCUT2D eigenvalue weighted by molar-refractivity contribution is 6.01. The smallest absolute Gasteiger partial charge is 0.370 e. The third kappa shape index (κ3) is 8.34. The molecule has 0 saturated heterocycles. The van der Waals surface area contributed by atoms with Crippen LogP contribution in [0.4, 0.5) is 26.3 Å². The number of amides is 4. The van der Waals surface area contributed by atoms with Crippen LogP contribution in [-0.2, 0) is 21.9 Å². The van der Waals surface area contributed by atoms with Gasteiger partial charge in [0.2, 0.25) is 0 Å². The molecule has 2 fully saturated rings. The standard InChI is InChI=1S/2C16H17F3N4O2/c17-16(18,19)9-3-4-10-11(5-9)12(6-13(24)22-15(20)21)23(14(10)25)7-8-1-2-8;17-16(18,19)9-3-4-10-11(5-9)14(25)23(7-8-1-2-8)12(10)6-13(24)22-15(20)21/h2*3-5,8,12H,1-2,6-7H2,(H4,20,21,22,24). The summed E-state index contributed by atoms with van der Waals surface area (Å²) < 4.78 is 77.8. The number of carbonyl (C=O) groups is 4. The maximum atomic E-state index is 13.0. The summed E-state index contributed by atoms with van der Waals surface area (Å²) in [6.07, 6.45) is -5.66. The molecule has 2 aliphatic carbocycles. The Hall–Kier alpha value is -5.16. The van der Waals surface area contributed by atoms with Gasteiger partial charge in [-0.3, -0.25) is 19.2 Å². The van der Waals surface area contributed by atoms with Crippen molar-refractivity contribution in [1.29, 1.82) is 0 Å². The van der Waals surface area contributed by atoms with E-state index < -0.39 is 65.2 Å². The summed E-state index contributed by atoms with van der Waals surface area (Å²) in [4.78, 5) is 58.9.